The topological polar surface area (TPSA) is 92.1 Å². The average Bonchev–Trinajstić information content (AvgIpc) is 1.99. The fraction of sp³-hybridized carbons (Fsp3) is 0.231. The maximum Gasteiger partial charge on any atom is 0.164 e. The van der Waals surface area contributed by atoms with E-state index in [2.05, 4.69) is 297 Å². The predicted octanol–water partition coefficient (Wildman–Crippen LogP) is 20.6. The van der Waals surface area contributed by atoms with Crippen LogP contribution in [0.1, 0.15) is 152 Å². The van der Waals surface area contributed by atoms with E-state index < -0.39 is 0 Å². The van der Waals surface area contributed by atoms with E-state index >= 15 is 0 Å². The van der Waals surface area contributed by atoms with Crippen LogP contribution in [-0.4, -0.2) is 43.6 Å². The van der Waals surface area contributed by atoms with Crippen LogP contribution in [0.2, 0.25) is 0 Å². The summed E-state index contributed by atoms with van der Waals surface area (Å²) < 4.78 is 6.88. The highest BCUT2D eigenvalue weighted by Gasteiger charge is 2.24. The number of rotatable bonds is 15. The molecule has 0 spiro atoms. The molecule has 0 aliphatic carbocycles. The highest BCUT2D eigenvalue weighted by Crippen LogP contribution is 2.39. The maximum absolute atomic E-state index is 5.48. The normalized spacial score (nSPS) is 12.1. The van der Waals surface area contributed by atoms with Crippen LogP contribution in [-0.2, 0) is 0 Å². The predicted molar refractivity (Wildman–Crippen MR) is 361 cm³/mol. The van der Waals surface area contributed by atoms with E-state index in [1.807, 2.05) is 0 Å². The second-order valence-corrected chi connectivity index (χ2v) is 25.3. The Balaban J connectivity index is 1.01. The molecule has 13 rings (SSSR count). The summed E-state index contributed by atoms with van der Waals surface area (Å²) in [5, 5.41) is 0. The van der Waals surface area contributed by atoms with Crippen molar-refractivity contribution in [1.29, 1.82) is 0 Å². The Hall–Kier alpha value is -9.60. The van der Waals surface area contributed by atoms with Gasteiger partial charge in [0.2, 0.25) is 0 Å². The first-order valence-corrected chi connectivity index (χ1v) is 31.0. The zero-order valence-electron chi connectivity index (χ0n) is 52.0. The molecule has 0 saturated carbocycles. The van der Waals surface area contributed by atoms with Crippen LogP contribution in [0.5, 0.6) is 0 Å². The third-order valence-corrected chi connectivity index (χ3v) is 17.1. The fourth-order valence-corrected chi connectivity index (χ4v) is 12.0. The van der Waals surface area contributed by atoms with Crippen LogP contribution >= 0.6 is 0 Å². The van der Waals surface area contributed by atoms with Gasteiger partial charge in [-0.1, -0.05) is 174 Å². The van der Waals surface area contributed by atoms with Crippen molar-refractivity contribution < 1.29 is 0 Å². The number of para-hydroxylation sites is 6. The average molecular weight is 1140 g/mol. The van der Waals surface area contributed by atoms with Crippen LogP contribution in [0.25, 0.3) is 118 Å². The summed E-state index contributed by atoms with van der Waals surface area (Å²) in [4.78, 5) is 32.6. The molecule has 0 unspecified atom stereocenters. The van der Waals surface area contributed by atoms with Crippen molar-refractivity contribution in [2.45, 2.75) is 119 Å². The van der Waals surface area contributed by atoms with E-state index in [1.165, 1.54) is 33.4 Å². The number of hydrogen-bond acceptors (Lipinski definition) is 6. The van der Waals surface area contributed by atoms with Gasteiger partial charge in [0.05, 0.1) is 33.1 Å². The van der Waals surface area contributed by atoms with E-state index in [4.69, 9.17) is 29.9 Å². The van der Waals surface area contributed by atoms with Gasteiger partial charge >= 0.3 is 0 Å². The van der Waals surface area contributed by atoms with E-state index in [1.54, 1.807) is 0 Å². The Labute approximate surface area is 511 Å². The number of nitrogens with zero attached hydrogens (tertiary/aromatic N) is 9. The second-order valence-electron chi connectivity index (χ2n) is 25.3. The maximum atomic E-state index is 5.48. The van der Waals surface area contributed by atoms with Gasteiger partial charge in [0, 0.05) is 50.4 Å². The van der Waals surface area contributed by atoms with E-state index in [0.717, 1.165) is 101 Å². The standard InChI is InChI=1S/C78H75N9/c1-46(2)55-34-56(47(3)4)38-61(37-55)76-79-67-28-13-16-31-70(67)85(76)64-25-19-22-52(43-64)73-82-74(53-23-20-26-65(44-53)86-71-32-17-14-29-68(71)80-77(86)62-39-57(48(5)6)35-58(40-62)49(7)8)84-75(83-73)54-24-21-27-66(45-54)87-72-33-18-15-30-69(72)81-78(87)63-41-59(50(9)10)36-60(42-63)51(11)12/h13-51H,1-12H3. The smallest absolute Gasteiger partial charge is 0.164 e. The molecule has 0 amide bonds. The number of aromatic nitrogens is 9. The third kappa shape index (κ3) is 10.9. The number of benzene rings is 9. The minimum atomic E-state index is 0.347. The summed E-state index contributed by atoms with van der Waals surface area (Å²) in [5.41, 5.74) is 22.2. The Morgan fingerprint density at radius 3 is 0.713 bits per heavy atom. The van der Waals surface area contributed by atoms with Crippen LogP contribution in [0, 0.1) is 0 Å². The Bertz CT molecular complexity index is 4170. The highest BCUT2D eigenvalue weighted by molar-refractivity contribution is 5.87. The molecule has 9 heteroatoms. The SMILES string of the molecule is CC(C)c1cc(-c2nc3ccccc3n2-c2cccc(-c3nc(-c4cccc(-n5c(-c6cc(C(C)C)cc(C(C)C)c6)nc6ccccc65)c4)nc(-c4cccc(-n5c(-c6cc(C(C)C)cc(C(C)C)c6)nc6ccccc65)c4)n3)c2)cc(C(C)C)c1. The number of imidazole rings is 3. The van der Waals surface area contributed by atoms with Crippen LogP contribution in [0.15, 0.2) is 200 Å². The molecule has 4 aromatic heterocycles. The van der Waals surface area contributed by atoms with Crippen molar-refractivity contribution in [3.05, 3.63) is 234 Å². The first kappa shape index (κ1) is 56.5. The molecule has 0 aliphatic heterocycles. The molecular formula is C78H75N9. The van der Waals surface area contributed by atoms with Crippen LogP contribution < -0.4 is 0 Å². The van der Waals surface area contributed by atoms with Gasteiger partial charge in [-0.25, -0.2) is 29.9 Å². The van der Waals surface area contributed by atoms with Crippen LogP contribution in [0.3, 0.4) is 0 Å². The summed E-state index contributed by atoms with van der Waals surface area (Å²) in [6.07, 6.45) is 0. The Kier molecular flexibility index (Phi) is 14.9. The van der Waals surface area contributed by atoms with Crippen molar-refractivity contribution in [3.63, 3.8) is 0 Å². The fourth-order valence-electron chi connectivity index (χ4n) is 12.0. The van der Waals surface area contributed by atoms with E-state index in [-0.39, 0.29) is 0 Å². The van der Waals surface area contributed by atoms with Gasteiger partial charge < -0.3 is 0 Å². The van der Waals surface area contributed by atoms with Gasteiger partial charge in [0.1, 0.15) is 17.5 Å². The molecule has 9 nitrogen and oxygen atoms in total. The van der Waals surface area contributed by atoms with Gasteiger partial charge in [-0.2, -0.15) is 0 Å². The molecule has 432 valence electrons. The molecule has 9 aromatic carbocycles. The molecule has 4 heterocycles. The molecule has 0 radical (unpaired) electrons. The van der Waals surface area contributed by atoms with Crippen molar-refractivity contribution in [2.24, 2.45) is 0 Å². The first-order valence-electron chi connectivity index (χ1n) is 31.0. The minimum absolute atomic E-state index is 0.347. The molecule has 0 aliphatic rings. The molecule has 0 bridgehead atoms. The van der Waals surface area contributed by atoms with Crippen molar-refractivity contribution in [3.8, 4) is 85.4 Å². The number of fused-ring (bicyclic) bond motifs is 3. The molecule has 0 saturated heterocycles. The van der Waals surface area contributed by atoms with E-state index in [0.29, 0.717) is 53.0 Å². The van der Waals surface area contributed by atoms with Gasteiger partial charge in [0.15, 0.2) is 17.5 Å². The van der Waals surface area contributed by atoms with Gasteiger partial charge in [-0.15, -0.1) is 0 Å². The summed E-state index contributed by atoms with van der Waals surface area (Å²) in [6, 6.07) is 71.9. The molecule has 0 N–H and O–H groups in total. The van der Waals surface area contributed by atoms with Crippen molar-refractivity contribution in [1.82, 2.24) is 43.6 Å². The Morgan fingerprint density at radius 1 is 0.230 bits per heavy atom. The largest absolute Gasteiger partial charge is 0.292 e. The lowest BCUT2D eigenvalue weighted by atomic mass is 9.93. The van der Waals surface area contributed by atoms with Crippen LogP contribution in [0.4, 0.5) is 0 Å². The summed E-state index contributed by atoms with van der Waals surface area (Å²) in [5.74, 6) is 6.36. The zero-order chi connectivity index (χ0) is 60.4. The Morgan fingerprint density at radius 2 is 0.471 bits per heavy atom. The van der Waals surface area contributed by atoms with E-state index in [9.17, 15) is 0 Å². The lowest BCUT2D eigenvalue weighted by Gasteiger charge is -2.17. The zero-order valence-corrected chi connectivity index (χ0v) is 52.0. The van der Waals surface area contributed by atoms with Gasteiger partial charge in [0.25, 0.3) is 0 Å². The molecular weight excluding hydrogens is 1060 g/mol. The van der Waals surface area contributed by atoms with Gasteiger partial charge in [-0.05, 0) is 178 Å². The minimum Gasteiger partial charge on any atom is -0.292 e. The van der Waals surface area contributed by atoms with Crippen molar-refractivity contribution >= 4 is 33.1 Å². The molecule has 0 atom stereocenters. The highest BCUT2D eigenvalue weighted by atomic mass is 15.1. The van der Waals surface area contributed by atoms with Gasteiger partial charge in [-0.3, -0.25) is 13.7 Å². The lowest BCUT2D eigenvalue weighted by molar-refractivity contribution is 0.833. The summed E-state index contributed by atoms with van der Waals surface area (Å²) in [7, 11) is 0. The first-order chi connectivity index (χ1) is 42.0. The number of hydrogen-bond donors (Lipinski definition) is 0. The summed E-state index contributed by atoms with van der Waals surface area (Å²) >= 11 is 0. The summed E-state index contributed by atoms with van der Waals surface area (Å²) in [6.45, 7) is 27.1. The molecule has 13 aromatic rings. The lowest BCUT2D eigenvalue weighted by Crippen LogP contribution is -2.04. The third-order valence-electron chi connectivity index (χ3n) is 17.1. The second kappa shape index (κ2) is 23.0. The quantitative estimate of drug-likeness (QED) is 0.102. The monoisotopic (exact) mass is 1140 g/mol. The molecule has 0 fully saturated rings. The van der Waals surface area contributed by atoms with Crippen molar-refractivity contribution in [2.75, 3.05) is 0 Å². The molecule has 87 heavy (non-hydrogen) atoms.